The van der Waals surface area contributed by atoms with E-state index in [0.717, 1.165) is 11.1 Å². The number of aromatic carboxylic acids is 1. The smallest absolute Gasteiger partial charge is 0.335 e. The molecule has 0 saturated heterocycles. The van der Waals surface area contributed by atoms with Crippen molar-refractivity contribution in [2.45, 2.75) is 18.0 Å². The van der Waals surface area contributed by atoms with Crippen LogP contribution in [0.15, 0.2) is 77.7 Å². The number of ether oxygens (including phenoxy) is 2. The normalized spacial score (nSPS) is 11.3. The van der Waals surface area contributed by atoms with E-state index in [9.17, 15) is 13.2 Å². The molecule has 0 aliphatic carbocycles. The molecule has 3 rings (SSSR count). The van der Waals surface area contributed by atoms with Crippen LogP contribution in [0.5, 0.6) is 11.5 Å². The summed E-state index contributed by atoms with van der Waals surface area (Å²) in [6.07, 6.45) is 0. The highest BCUT2D eigenvalue weighted by Gasteiger charge is 2.25. The highest BCUT2D eigenvalue weighted by Crippen LogP contribution is 2.24. The standard InChI is InChI=1S/C23H23NO6S/c1-29-20-7-3-5-17(13-20)15-24(16-18-6-4-8-21(14-18)30-2)31(27,28)22-11-9-19(10-12-22)23(25)26/h3-14H,15-16H2,1-2H3,(H,25,26). The Morgan fingerprint density at radius 3 is 1.74 bits per heavy atom. The Morgan fingerprint density at radius 2 is 1.32 bits per heavy atom. The summed E-state index contributed by atoms with van der Waals surface area (Å²) in [5.74, 6) is 0.137. The summed E-state index contributed by atoms with van der Waals surface area (Å²) in [6.45, 7) is 0.217. The monoisotopic (exact) mass is 441 g/mol. The summed E-state index contributed by atoms with van der Waals surface area (Å²) in [5, 5.41) is 9.09. The molecule has 7 nitrogen and oxygen atoms in total. The maximum Gasteiger partial charge on any atom is 0.335 e. The van der Waals surface area contributed by atoms with Gasteiger partial charge in [0.05, 0.1) is 24.7 Å². The Morgan fingerprint density at radius 1 is 0.839 bits per heavy atom. The van der Waals surface area contributed by atoms with Crippen molar-refractivity contribution in [3.63, 3.8) is 0 Å². The van der Waals surface area contributed by atoms with Crippen LogP contribution in [0.25, 0.3) is 0 Å². The third-order valence-electron chi connectivity index (χ3n) is 4.73. The van der Waals surface area contributed by atoms with Crippen LogP contribution in [0.3, 0.4) is 0 Å². The van der Waals surface area contributed by atoms with Crippen LogP contribution < -0.4 is 9.47 Å². The molecule has 0 aliphatic heterocycles. The van der Waals surface area contributed by atoms with Crippen LogP contribution in [-0.2, 0) is 23.1 Å². The molecule has 3 aromatic rings. The molecule has 0 atom stereocenters. The van der Waals surface area contributed by atoms with Crippen LogP contribution in [0, 0.1) is 0 Å². The first-order valence-corrected chi connectivity index (χ1v) is 10.9. The summed E-state index contributed by atoms with van der Waals surface area (Å²) >= 11 is 0. The minimum absolute atomic E-state index is 0.0169. The lowest BCUT2D eigenvalue weighted by Gasteiger charge is -2.23. The van der Waals surface area contributed by atoms with Crippen LogP contribution in [0.4, 0.5) is 0 Å². The predicted molar refractivity (Wildman–Crippen MR) is 116 cm³/mol. The lowest BCUT2D eigenvalue weighted by molar-refractivity contribution is 0.0696. The average molecular weight is 442 g/mol. The van der Waals surface area contributed by atoms with Crippen molar-refractivity contribution in [2.75, 3.05) is 14.2 Å². The summed E-state index contributed by atoms with van der Waals surface area (Å²) in [5.41, 5.74) is 1.53. The van der Waals surface area contributed by atoms with Crippen LogP contribution in [0.1, 0.15) is 21.5 Å². The first kappa shape index (κ1) is 22.3. The predicted octanol–water partition coefficient (Wildman–Crippen LogP) is 3.79. The van der Waals surface area contributed by atoms with Crippen LogP contribution >= 0.6 is 0 Å². The number of sulfonamides is 1. The summed E-state index contributed by atoms with van der Waals surface area (Å²) in [7, 11) is -0.821. The Kier molecular flexibility index (Phi) is 6.94. The number of carboxylic acids is 1. The minimum atomic E-state index is -3.92. The van der Waals surface area contributed by atoms with E-state index in [4.69, 9.17) is 14.6 Å². The van der Waals surface area contributed by atoms with Crippen LogP contribution in [-0.4, -0.2) is 38.0 Å². The quantitative estimate of drug-likeness (QED) is 0.543. The maximum absolute atomic E-state index is 13.4. The van der Waals surface area contributed by atoms with Crippen molar-refractivity contribution in [1.29, 1.82) is 0 Å². The zero-order valence-corrected chi connectivity index (χ0v) is 18.0. The molecule has 1 N–H and O–H groups in total. The summed E-state index contributed by atoms with van der Waals surface area (Å²) in [6, 6.07) is 19.6. The lowest BCUT2D eigenvalue weighted by Crippen LogP contribution is -2.30. The molecule has 0 fully saturated rings. The van der Waals surface area contributed by atoms with Gasteiger partial charge in [-0.2, -0.15) is 4.31 Å². The van der Waals surface area contributed by atoms with Gasteiger partial charge in [0, 0.05) is 13.1 Å². The molecule has 0 heterocycles. The van der Waals surface area contributed by atoms with E-state index in [1.165, 1.54) is 28.6 Å². The SMILES string of the molecule is COc1cccc(CN(Cc2cccc(OC)c2)S(=O)(=O)c2ccc(C(=O)O)cc2)c1. The van der Waals surface area contributed by atoms with Crippen molar-refractivity contribution in [3.8, 4) is 11.5 Å². The number of nitrogens with zero attached hydrogens (tertiary/aromatic N) is 1. The van der Waals surface area contributed by atoms with E-state index in [1.807, 2.05) is 12.1 Å². The minimum Gasteiger partial charge on any atom is -0.497 e. The number of hydrogen-bond donors (Lipinski definition) is 1. The molecule has 3 aromatic carbocycles. The topological polar surface area (TPSA) is 93.1 Å². The van der Waals surface area contributed by atoms with Gasteiger partial charge in [-0.3, -0.25) is 0 Å². The van der Waals surface area contributed by atoms with Gasteiger partial charge in [-0.15, -0.1) is 0 Å². The molecule has 0 bridgehead atoms. The van der Waals surface area contributed by atoms with Crippen molar-refractivity contribution in [3.05, 3.63) is 89.5 Å². The Balaban J connectivity index is 1.99. The lowest BCUT2D eigenvalue weighted by atomic mass is 10.2. The number of rotatable bonds is 9. The second-order valence-electron chi connectivity index (χ2n) is 6.81. The van der Waals surface area contributed by atoms with Gasteiger partial charge in [0.25, 0.3) is 0 Å². The fourth-order valence-electron chi connectivity index (χ4n) is 3.09. The Bertz CT molecular complexity index is 1110. The molecular weight excluding hydrogens is 418 g/mol. The van der Waals surface area contributed by atoms with Crippen molar-refractivity contribution >= 4 is 16.0 Å². The van der Waals surface area contributed by atoms with Gasteiger partial charge in [0.2, 0.25) is 10.0 Å². The molecule has 0 aromatic heterocycles. The van der Waals surface area contributed by atoms with Crippen molar-refractivity contribution in [2.24, 2.45) is 0 Å². The zero-order valence-electron chi connectivity index (χ0n) is 17.2. The molecule has 0 radical (unpaired) electrons. The highest BCUT2D eigenvalue weighted by molar-refractivity contribution is 7.89. The molecule has 162 valence electrons. The third-order valence-corrected chi connectivity index (χ3v) is 6.53. The van der Waals surface area contributed by atoms with Gasteiger partial charge in [0.1, 0.15) is 11.5 Å². The highest BCUT2D eigenvalue weighted by atomic mass is 32.2. The van der Waals surface area contributed by atoms with Crippen molar-refractivity contribution in [1.82, 2.24) is 4.31 Å². The number of carbonyl (C=O) groups is 1. The first-order valence-electron chi connectivity index (χ1n) is 9.43. The number of benzene rings is 3. The molecule has 8 heteroatoms. The fraction of sp³-hybridized carbons (Fsp3) is 0.174. The van der Waals surface area contributed by atoms with Crippen molar-refractivity contribution < 1.29 is 27.8 Å². The molecule has 31 heavy (non-hydrogen) atoms. The Hall–Kier alpha value is -3.36. The average Bonchev–Trinajstić information content (AvgIpc) is 2.79. The molecule has 0 spiro atoms. The number of methoxy groups -OCH3 is 2. The zero-order chi connectivity index (χ0) is 22.4. The molecule has 0 unspecified atom stereocenters. The van der Waals surface area contributed by atoms with E-state index in [2.05, 4.69) is 0 Å². The maximum atomic E-state index is 13.4. The van der Waals surface area contributed by atoms with Gasteiger partial charge in [-0.1, -0.05) is 24.3 Å². The molecular formula is C23H23NO6S. The molecule has 0 saturated carbocycles. The van der Waals surface area contributed by atoms with E-state index in [0.29, 0.717) is 11.5 Å². The van der Waals surface area contributed by atoms with Gasteiger partial charge >= 0.3 is 5.97 Å². The summed E-state index contributed by atoms with van der Waals surface area (Å²) in [4.78, 5) is 11.1. The second kappa shape index (κ2) is 9.63. The fourth-order valence-corrected chi connectivity index (χ4v) is 4.51. The van der Waals surface area contributed by atoms with E-state index in [-0.39, 0.29) is 23.5 Å². The first-order chi connectivity index (χ1) is 14.8. The summed E-state index contributed by atoms with van der Waals surface area (Å²) < 4.78 is 38.7. The third kappa shape index (κ3) is 5.42. The largest absolute Gasteiger partial charge is 0.497 e. The second-order valence-corrected chi connectivity index (χ2v) is 8.74. The van der Waals surface area contributed by atoms with Gasteiger partial charge in [0.15, 0.2) is 0 Å². The van der Waals surface area contributed by atoms with Crippen LogP contribution in [0.2, 0.25) is 0 Å². The number of carboxylic acid groups (broad SMARTS) is 1. The van der Waals surface area contributed by atoms with Gasteiger partial charge in [-0.25, -0.2) is 13.2 Å². The molecule has 0 amide bonds. The Labute approximate surface area is 181 Å². The number of hydrogen-bond acceptors (Lipinski definition) is 5. The van der Waals surface area contributed by atoms with E-state index >= 15 is 0 Å². The molecule has 0 aliphatic rings. The van der Waals surface area contributed by atoms with E-state index in [1.54, 1.807) is 50.6 Å². The van der Waals surface area contributed by atoms with Gasteiger partial charge in [-0.05, 0) is 59.7 Å². The van der Waals surface area contributed by atoms with Gasteiger partial charge < -0.3 is 14.6 Å². The van der Waals surface area contributed by atoms with E-state index < -0.39 is 16.0 Å².